The largest absolute Gasteiger partial charge is 0.316 e. The summed E-state index contributed by atoms with van der Waals surface area (Å²) in [6, 6.07) is 17.0. The van der Waals surface area contributed by atoms with Crippen molar-refractivity contribution in [2.45, 2.75) is 57.9 Å². The van der Waals surface area contributed by atoms with E-state index in [0.29, 0.717) is 0 Å². The van der Waals surface area contributed by atoms with Crippen LogP contribution in [-0.2, 0) is 6.54 Å². The van der Waals surface area contributed by atoms with Gasteiger partial charge in [-0.05, 0) is 60.6 Å². The molecule has 0 atom stereocenters. The van der Waals surface area contributed by atoms with E-state index < -0.39 is 0 Å². The van der Waals surface area contributed by atoms with Crippen molar-refractivity contribution in [1.29, 1.82) is 0 Å². The van der Waals surface area contributed by atoms with E-state index in [4.69, 9.17) is 16.6 Å². The molecule has 1 aliphatic rings. The van der Waals surface area contributed by atoms with Gasteiger partial charge in [-0.15, -0.1) is 28.3 Å². The zero-order chi connectivity index (χ0) is 19.3. The summed E-state index contributed by atoms with van der Waals surface area (Å²) in [5.41, 5.74) is 4.98. The second-order valence-corrected chi connectivity index (χ2v) is 8.87. The molecule has 3 aromatic rings. The quantitative estimate of drug-likeness (QED) is 0.343. The molecule has 1 aromatic heterocycles. The third kappa shape index (κ3) is 5.42. The fourth-order valence-corrected chi connectivity index (χ4v) is 5.16. The molecule has 1 aliphatic carbocycles. The van der Waals surface area contributed by atoms with Crippen LogP contribution in [0.5, 0.6) is 0 Å². The van der Waals surface area contributed by atoms with Crippen molar-refractivity contribution in [2.24, 2.45) is 4.99 Å². The summed E-state index contributed by atoms with van der Waals surface area (Å²) in [5, 5.41) is 2.98. The molecule has 1 fully saturated rings. The lowest BCUT2D eigenvalue weighted by Gasteiger charge is -2.22. The van der Waals surface area contributed by atoms with Gasteiger partial charge in [0, 0.05) is 16.9 Å². The molecule has 2 nitrogen and oxygen atoms in total. The molecule has 4 rings (SSSR count). The number of nitrogens with zero attached hydrogens (tertiary/aromatic N) is 2. The monoisotopic (exact) mass is 490 g/mol. The van der Waals surface area contributed by atoms with Gasteiger partial charge in [-0.2, -0.15) is 0 Å². The van der Waals surface area contributed by atoms with Crippen LogP contribution in [-0.4, -0.2) is 4.57 Å². The number of hydrogen-bond acceptors (Lipinski definition) is 2. The Balaban J connectivity index is 0.00000240. The van der Waals surface area contributed by atoms with Gasteiger partial charge in [0.25, 0.3) is 0 Å². The van der Waals surface area contributed by atoms with Crippen molar-refractivity contribution >= 4 is 45.6 Å². The molecule has 0 radical (unpaired) electrons. The molecule has 0 saturated heterocycles. The molecule has 5 heteroatoms. The summed E-state index contributed by atoms with van der Waals surface area (Å²) in [6.07, 6.45) is 7.93. The van der Waals surface area contributed by atoms with Crippen LogP contribution in [0.4, 0.5) is 5.69 Å². The number of halogens is 2. The molecule has 29 heavy (non-hydrogen) atoms. The van der Waals surface area contributed by atoms with Gasteiger partial charge in [-0.1, -0.05) is 62.1 Å². The number of aromatic nitrogens is 1. The van der Waals surface area contributed by atoms with E-state index in [9.17, 15) is 0 Å². The van der Waals surface area contributed by atoms with Crippen molar-refractivity contribution in [1.82, 2.24) is 4.57 Å². The Bertz CT molecular complexity index is 967. The standard InChI is InChI=1S/C24H27ClN2S.BrH/c1-2-16-27-23(17-28-24(27)26-22-14-12-21(25)13-15-22)20-10-8-19(9-11-20)18-6-4-3-5-7-18;/h8-15,17-18H,2-7,16H2,1H3;1H. The first-order chi connectivity index (χ1) is 13.7. The molecule has 1 saturated carbocycles. The smallest absolute Gasteiger partial charge is 0.190 e. The Labute approximate surface area is 193 Å². The molecule has 0 spiro atoms. The van der Waals surface area contributed by atoms with Gasteiger partial charge >= 0.3 is 0 Å². The lowest BCUT2D eigenvalue weighted by atomic mass is 9.84. The van der Waals surface area contributed by atoms with E-state index in [1.807, 2.05) is 24.3 Å². The van der Waals surface area contributed by atoms with Gasteiger partial charge < -0.3 is 4.57 Å². The topological polar surface area (TPSA) is 17.3 Å². The predicted molar refractivity (Wildman–Crippen MR) is 131 cm³/mol. The van der Waals surface area contributed by atoms with E-state index in [0.717, 1.165) is 34.4 Å². The van der Waals surface area contributed by atoms with Gasteiger partial charge in [0.05, 0.1) is 11.4 Å². The third-order valence-electron chi connectivity index (χ3n) is 5.58. The molecule has 154 valence electrons. The highest BCUT2D eigenvalue weighted by atomic mass is 79.9. The maximum atomic E-state index is 6.00. The second kappa shape index (κ2) is 10.6. The van der Waals surface area contributed by atoms with E-state index in [1.165, 1.54) is 48.9 Å². The van der Waals surface area contributed by atoms with Gasteiger partial charge in [-0.25, -0.2) is 4.99 Å². The van der Waals surface area contributed by atoms with Crippen LogP contribution in [0.3, 0.4) is 0 Å². The van der Waals surface area contributed by atoms with Gasteiger partial charge in [0.2, 0.25) is 0 Å². The molecule has 0 N–H and O–H groups in total. The van der Waals surface area contributed by atoms with E-state index >= 15 is 0 Å². The Hall–Kier alpha value is -1.36. The van der Waals surface area contributed by atoms with Crippen molar-refractivity contribution in [3.8, 4) is 11.3 Å². The third-order valence-corrected chi connectivity index (χ3v) is 6.69. The van der Waals surface area contributed by atoms with Gasteiger partial charge in [0.15, 0.2) is 4.80 Å². The van der Waals surface area contributed by atoms with Crippen LogP contribution in [0.1, 0.15) is 56.9 Å². The Morgan fingerprint density at radius 1 is 1.00 bits per heavy atom. The maximum absolute atomic E-state index is 6.00. The summed E-state index contributed by atoms with van der Waals surface area (Å²) < 4.78 is 2.34. The first-order valence-corrected chi connectivity index (χ1v) is 11.6. The first kappa shape index (κ1) is 22.3. The molecular weight excluding hydrogens is 464 g/mol. The van der Waals surface area contributed by atoms with Crippen LogP contribution >= 0.6 is 39.9 Å². The zero-order valence-electron chi connectivity index (χ0n) is 16.8. The van der Waals surface area contributed by atoms with E-state index in [-0.39, 0.29) is 17.0 Å². The van der Waals surface area contributed by atoms with Crippen molar-refractivity contribution in [3.63, 3.8) is 0 Å². The summed E-state index contributed by atoms with van der Waals surface area (Å²) in [7, 11) is 0. The number of benzene rings is 2. The molecule has 0 aliphatic heterocycles. The summed E-state index contributed by atoms with van der Waals surface area (Å²) in [4.78, 5) is 5.90. The van der Waals surface area contributed by atoms with Crippen molar-refractivity contribution in [2.75, 3.05) is 0 Å². The fourth-order valence-electron chi connectivity index (χ4n) is 4.08. The second-order valence-electron chi connectivity index (χ2n) is 7.60. The lowest BCUT2D eigenvalue weighted by Crippen LogP contribution is -2.15. The summed E-state index contributed by atoms with van der Waals surface area (Å²) in [6.45, 7) is 3.18. The number of rotatable bonds is 5. The number of hydrogen-bond donors (Lipinski definition) is 0. The minimum absolute atomic E-state index is 0. The molecular formula is C24H28BrClN2S. The highest BCUT2D eigenvalue weighted by Gasteiger charge is 2.16. The average molecular weight is 492 g/mol. The Morgan fingerprint density at radius 3 is 2.34 bits per heavy atom. The minimum atomic E-state index is 0. The van der Waals surface area contributed by atoms with Crippen molar-refractivity contribution in [3.05, 3.63) is 69.3 Å². The van der Waals surface area contributed by atoms with Crippen LogP contribution in [0, 0.1) is 0 Å². The van der Waals surface area contributed by atoms with E-state index in [1.54, 1.807) is 11.3 Å². The highest BCUT2D eigenvalue weighted by molar-refractivity contribution is 8.93. The lowest BCUT2D eigenvalue weighted by molar-refractivity contribution is 0.443. The summed E-state index contributed by atoms with van der Waals surface area (Å²) >= 11 is 7.71. The van der Waals surface area contributed by atoms with Crippen LogP contribution < -0.4 is 4.80 Å². The van der Waals surface area contributed by atoms with Crippen LogP contribution in [0.25, 0.3) is 11.3 Å². The normalized spacial score (nSPS) is 15.3. The first-order valence-electron chi connectivity index (χ1n) is 10.3. The molecule has 2 aromatic carbocycles. The SMILES string of the molecule is Br.CCCn1c(-c2ccc(C3CCCCC3)cc2)csc1=Nc1ccc(Cl)cc1. The predicted octanol–water partition coefficient (Wildman–Crippen LogP) is 8.14. The van der Waals surface area contributed by atoms with Crippen LogP contribution in [0.15, 0.2) is 58.9 Å². The van der Waals surface area contributed by atoms with Gasteiger partial charge in [0.1, 0.15) is 0 Å². The fraction of sp³-hybridized carbons (Fsp3) is 0.375. The molecule has 0 unspecified atom stereocenters. The Morgan fingerprint density at radius 2 is 1.69 bits per heavy atom. The average Bonchev–Trinajstić information content (AvgIpc) is 3.13. The molecule has 1 heterocycles. The molecule has 0 amide bonds. The minimum Gasteiger partial charge on any atom is -0.316 e. The summed E-state index contributed by atoms with van der Waals surface area (Å²) in [5.74, 6) is 0.753. The van der Waals surface area contributed by atoms with Crippen LogP contribution in [0.2, 0.25) is 5.02 Å². The van der Waals surface area contributed by atoms with E-state index in [2.05, 4.69) is 41.1 Å². The highest BCUT2D eigenvalue weighted by Crippen LogP contribution is 2.33. The van der Waals surface area contributed by atoms with Gasteiger partial charge in [-0.3, -0.25) is 0 Å². The maximum Gasteiger partial charge on any atom is 0.190 e. The number of thiazole rings is 1. The molecule has 0 bridgehead atoms. The van der Waals surface area contributed by atoms with Crippen molar-refractivity contribution < 1.29 is 0 Å². The zero-order valence-corrected chi connectivity index (χ0v) is 20.1. The Kier molecular flexibility index (Phi) is 8.16.